The first-order valence-corrected chi connectivity index (χ1v) is 7.06. The molecule has 100 valence electrons. The lowest BCUT2D eigenvalue weighted by atomic mass is 10.0. The number of aryl methyl sites for hydroxylation is 1. The van der Waals surface area contributed by atoms with E-state index < -0.39 is 0 Å². The molecule has 1 nitrogen and oxygen atoms in total. The summed E-state index contributed by atoms with van der Waals surface area (Å²) >= 11 is 9.70. The molecule has 1 atom stereocenters. The molecule has 19 heavy (non-hydrogen) atoms. The highest BCUT2D eigenvalue weighted by atomic mass is 79.9. The van der Waals surface area contributed by atoms with Gasteiger partial charge in [0.05, 0.1) is 11.9 Å². The molecule has 0 aliphatic heterocycles. The van der Waals surface area contributed by atoms with Gasteiger partial charge < -0.3 is 4.74 Å². The van der Waals surface area contributed by atoms with Crippen LogP contribution in [0.3, 0.4) is 0 Å². The van der Waals surface area contributed by atoms with Crippen LogP contribution >= 0.6 is 27.5 Å². The smallest absolute Gasteiger partial charge is 0.123 e. The predicted molar refractivity (Wildman–Crippen MR) is 79.9 cm³/mol. The van der Waals surface area contributed by atoms with Gasteiger partial charge in [-0.05, 0) is 42.3 Å². The van der Waals surface area contributed by atoms with E-state index in [4.69, 9.17) is 16.3 Å². The van der Waals surface area contributed by atoms with Crippen molar-refractivity contribution in [3.8, 4) is 5.75 Å². The number of methoxy groups -OCH3 is 1. The van der Waals surface area contributed by atoms with Crippen LogP contribution in [-0.4, -0.2) is 7.11 Å². The quantitative estimate of drug-likeness (QED) is 0.689. The Morgan fingerprint density at radius 1 is 1.21 bits per heavy atom. The van der Waals surface area contributed by atoms with Crippen LogP contribution in [0.5, 0.6) is 5.75 Å². The van der Waals surface area contributed by atoms with Crippen LogP contribution in [0.15, 0.2) is 36.4 Å². The summed E-state index contributed by atoms with van der Waals surface area (Å²) in [6.45, 7) is 1.94. The van der Waals surface area contributed by atoms with Gasteiger partial charge in [-0.25, -0.2) is 4.39 Å². The van der Waals surface area contributed by atoms with Crippen molar-refractivity contribution in [3.05, 3.63) is 63.9 Å². The van der Waals surface area contributed by atoms with E-state index in [1.54, 1.807) is 13.2 Å². The zero-order valence-electron chi connectivity index (χ0n) is 10.6. The molecule has 2 aromatic carbocycles. The zero-order chi connectivity index (χ0) is 14.0. The molecular weight excluding hydrogens is 331 g/mol. The Labute approximate surface area is 125 Å². The minimum absolute atomic E-state index is 0.170. The summed E-state index contributed by atoms with van der Waals surface area (Å²) in [4.78, 5) is -0.170. The fourth-order valence-corrected chi connectivity index (χ4v) is 2.68. The Hall–Kier alpha value is -1.06. The highest BCUT2D eigenvalue weighted by Gasteiger charge is 2.16. The molecule has 0 bridgehead atoms. The van der Waals surface area contributed by atoms with Crippen LogP contribution in [0, 0.1) is 12.7 Å². The van der Waals surface area contributed by atoms with Gasteiger partial charge in [-0.3, -0.25) is 0 Å². The molecule has 0 aliphatic carbocycles. The van der Waals surface area contributed by atoms with Gasteiger partial charge in [-0.15, -0.1) is 0 Å². The lowest BCUT2D eigenvalue weighted by molar-refractivity contribution is 0.409. The normalized spacial score (nSPS) is 12.3. The molecule has 0 radical (unpaired) electrons. The lowest BCUT2D eigenvalue weighted by Crippen LogP contribution is -1.98. The largest absolute Gasteiger partial charge is 0.496 e. The van der Waals surface area contributed by atoms with Gasteiger partial charge in [0, 0.05) is 10.6 Å². The summed E-state index contributed by atoms with van der Waals surface area (Å²) in [5, 5.41) is 0.692. The van der Waals surface area contributed by atoms with Crippen molar-refractivity contribution in [2.75, 3.05) is 7.11 Å². The number of halogens is 3. The second kappa shape index (κ2) is 5.93. The van der Waals surface area contributed by atoms with E-state index in [0.717, 1.165) is 16.7 Å². The summed E-state index contributed by atoms with van der Waals surface area (Å²) in [5.41, 5.74) is 2.71. The standard InChI is InChI=1S/C15H13BrClFO/c1-9-3-4-10(7-13(9)17)15(16)12-8-11(18)5-6-14(12)19-2/h3-8,15H,1-2H3. The van der Waals surface area contributed by atoms with E-state index in [9.17, 15) is 4.39 Å². The van der Waals surface area contributed by atoms with Crippen molar-refractivity contribution in [3.63, 3.8) is 0 Å². The number of ether oxygens (including phenoxy) is 1. The van der Waals surface area contributed by atoms with E-state index in [2.05, 4.69) is 15.9 Å². The molecule has 2 aromatic rings. The van der Waals surface area contributed by atoms with Crippen molar-refractivity contribution in [2.24, 2.45) is 0 Å². The van der Waals surface area contributed by atoms with Crippen LogP contribution in [0.4, 0.5) is 4.39 Å². The Bertz CT molecular complexity index is 601. The fourth-order valence-electron chi connectivity index (χ4n) is 1.85. The molecule has 1 unspecified atom stereocenters. The maximum atomic E-state index is 13.4. The highest BCUT2D eigenvalue weighted by molar-refractivity contribution is 9.09. The van der Waals surface area contributed by atoms with E-state index >= 15 is 0 Å². The van der Waals surface area contributed by atoms with E-state index in [-0.39, 0.29) is 10.6 Å². The molecule has 0 saturated heterocycles. The van der Waals surface area contributed by atoms with Crippen molar-refractivity contribution >= 4 is 27.5 Å². The van der Waals surface area contributed by atoms with Crippen molar-refractivity contribution in [1.82, 2.24) is 0 Å². The maximum absolute atomic E-state index is 13.4. The number of hydrogen-bond acceptors (Lipinski definition) is 1. The third-order valence-electron chi connectivity index (χ3n) is 2.95. The van der Waals surface area contributed by atoms with Crippen LogP contribution in [0.2, 0.25) is 5.02 Å². The highest BCUT2D eigenvalue weighted by Crippen LogP contribution is 2.38. The number of rotatable bonds is 3. The molecular formula is C15H13BrClFO. The average molecular weight is 344 g/mol. The minimum atomic E-state index is -0.293. The van der Waals surface area contributed by atoms with Crippen molar-refractivity contribution in [1.29, 1.82) is 0 Å². The predicted octanol–water partition coefficient (Wildman–Crippen LogP) is 5.28. The topological polar surface area (TPSA) is 9.23 Å². The van der Waals surface area contributed by atoms with Gasteiger partial charge in [0.25, 0.3) is 0 Å². The first kappa shape index (κ1) is 14.4. The van der Waals surface area contributed by atoms with Gasteiger partial charge in [-0.1, -0.05) is 39.7 Å². The van der Waals surface area contributed by atoms with E-state index in [1.165, 1.54) is 12.1 Å². The van der Waals surface area contributed by atoms with Gasteiger partial charge in [-0.2, -0.15) is 0 Å². The van der Waals surface area contributed by atoms with Crippen LogP contribution in [0.25, 0.3) is 0 Å². The molecule has 0 heterocycles. The molecule has 0 aliphatic rings. The SMILES string of the molecule is COc1ccc(F)cc1C(Br)c1ccc(C)c(Cl)c1. The molecule has 0 fully saturated rings. The Balaban J connectivity index is 2.45. The molecule has 0 spiro atoms. The lowest BCUT2D eigenvalue weighted by Gasteiger charge is -2.15. The summed E-state index contributed by atoms with van der Waals surface area (Å²) < 4.78 is 18.7. The third-order valence-corrected chi connectivity index (χ3v) is 4.38. The molecule has 0 N–H and O–H groups in total. The van der Waals surface area contributed by atoms with Crippen molar-refractivity contribution in [2.45, 2.75) is 11.8 Å². The van der Waals surface area contributed by atoms with Crippen LogP contribution in [0.1, 0.15) is 21.5 Å². The van der Waals surface area contributed by atoms with E-state index in [0.29, 0.717) is 10.8 Å². The van der Waals surface area contributed by atoms with Gasteiger partial charge in [0.1, 0.15) is 11.6 Å². The second-order valence-corrected chi connectivity index (χ2v) is 5.58. The van der Waals surface area contributed by atoms with Crippen LogP contribution < -0.4 is 4.74 Å². The minimum Gasteiger partial charge on any atom is -0.496 e. The maximum Gasteiger partial charge on any atom is 0.123 e. The summed E-state index contributed by atoms with van der Waals surface area (Å²) in [6, 6.07) is 10.2. The number of benzene rings is 2. The second-order valence-electron chi connectivity index (χ2n) is 4.26. The van der Waals surface area contributed by atoms with Gasteiger partial charge >= 0.3 is 0 Å². The van der Waals surface area contributed by atoms with Gasteiger partial charge in [0.15, 0.2) is 0 Å². The monoisotopic (exact) mass is 342 g/mol. The summed E-state index contributed by atoms with van der Waals surface area (Å²) in [7, 11) is 1.57. The molecule has 0 aromatic heterocycles. The Morgan fingerprint density at radius 2 is 1.95 bits per heavy atom. The number of alkyl halides is 1. The first-order chi connectivity index (χ1) is 9.02. The molecule has 0 saturated carbocycles. The average Bonchev–Trinajstić information content (AvgIpc) is 2.41. The van der Waals surface area contributed by atoms with Crippen molar-refractivity contribution < 1.29 is 9.13 Å². The molecule has 4 heteroatoms. The first-order valence-electron chi connectivity index (χ1n) is 5.76. The summed E-state index contributed by atoms with van der Waals surface area (Å²) in [5.74, 6) is 0.346. The number of hydrogen-bond donors (Lipinski definition) is 0. The Kier molecular flexibility index (Phi) is 4.48. The summed E-state index contributed by atoms with van der Waals surface area (Å²) in [6.07, 6.45) is 0. The Morgan fingerprint density at radius 3 is 2.58 bits per heavy atom. The van der Waals surface area contributed by atoms with Gasteiger partial charge in [0.2, 0.25) is 0 Å². The van der Waals surface area contributed by atoms with E-state index in [1.807, 2.05) is 25.1 Å². The zero-order valence-corrected chi connectivity index (χ0v) is 12.9. The third kappa shape index (κ3) is 3.10. The molecule has 0 amide bonds. The fraction of sp³-hybridized carbons (Fsp3) is 0.200. The van der Waals surface area contributed by atoms with Crippen LogP contribution in [-0.2, 0) is 0 Å². The molecule has 2 rings (SSSR count).